The molecule has 0 atom stereocenters. The van der Waals surface area contributed by atoms with Crippen LogP contribution in [0.25, 0.3) is 0 Å². The quantitative estimate of drug-likeness (QED) is 0.523. The van der Waals surface area contributed by atoms with Gasteiger partial charge in [-0.3, -0.25) is 9.89 Å². The number of hydrogen-bond donors (Lipinski definition) is 1. The molecule has 3 heteroatoms. The molecule has 46 valence electrons. The van der Waals surface area contributed by atoms with E-state index < -0.39 is 0 Å². The average Bonchev–Trinajstić information content (AvgIpc) is 1.66. The second-order valence-corrected chi connectivity index (χ2v) is 1.72. The molecule has 0 bridgehead atoms. The lowest BCUT2D eigenvalue weighted by Crippen LogP contribution is -2.10. The molecular formula is C5H11N3. The summed E-state index contributed by atoms with van der Waals surface area (Å²) in [5.41, 5.74) is 0. The summed E-state index contributed by atoms with van der Waals surface area (Å²) in [6.45, 7) is 0.662. The first kappa shape index (κ1) is 7.30. The van der Waals surface area contributed by atoms with Crippen molar-refractivity contribution in [3.05, 3.63) is 0 Å². The number of hydrogen-bond acceptors (Lipinski definition) is 3. The molecule has 0 aromatic heterocycles. The maximum Gasteiger partial charge on any atom is 0.0905 e. The predicted octanol–water partition coefficient (Wildman–Crippen LogP) is 0.226. The fourth-order valence-corrected chi connectivity index (χ4v) is 0.263. The van der Waals surface area contributed by atoms with Crippen molar-refractivity contribution in [2.24, 2.45) is 4.99 Å². The summed E-state index contributed by atoms with van der Waals surface area (Å²) in [5.74, 6) is 0. The molecule has 0 aromatic carbocycles. The van der Waals surface area contributed by atoms with Crippen molar-refractivity contribution in [3.63, 3.8) is 0 Å². The topological polar surface area (TPSA) is 39.5 Å². The highest BCUT2D eigenvalue weighted by atomic mass is 15.1. The lowest BCUT2D eigenvalue weighted by Gasteiger charge is -2.01. The maximum atomic E-state index is 6.55. The minimum Gasteiger partial charge on any atom is -0.307 e. The summed E-state index contributed by atoms with van der Waals surface area (Å²) < 4.78 is 0. The van der Waals surface area contributed by atoms with Crippen LogP contribution in [-0.2, 0) is 0 Å². The Morgan fingerprint density at radius 1 is 1.62 bits per heavy atom. The van der Waals surface area contributed by atoms with Gasteiger partial charge in [-0.25, -0.2) is 0 Å². The summed E-state index contributed by atoms with van der Waals surface area (Å²) in [6.07, 6.45) is 2.64. The van der Waals surface area contributed by atoms with Gasteiger partial charge in [-0.05, 0) is 14.1 Å². The molecule has 3 nitrogen and oxygen atoms in total. The van der Waals surface area contributed by atoms with Gasteiger partial charge in [0.2, 0.25) is 0 Å². The Hall–Kier alpha value is -0.700. The molecule has 0 heterocycles. The van der Waals surface area contributed by atoms with Crippen LogP contribution in [0, 0.1) is 5.41 Å². The van der Waals surface area contributed by atoms with Crippen molar-refractivity contribution in [2.45, 2.75) is 0 Å². The molecule has 0 aliphatic rings. The zero-order valence-electron chi connectivity index (χ0n) is 5.26. The normalized spacial score (nSPS) is 10.9. The molecule has 0 aliphatic carbocycles. The van der Waals surface area contributed by atoms with Crippen molar-refractivity contribution in [3.8, 4) is 0 Å². The number of rotatable bonds is 3. The molecule has 0 rings (SSSR count). The SMILES string of the molecule is CN(C)CN=CC=N. The van der Waals surface area contributed by atoms with Crippen LogP contribution >= 0.6 is 0 Å². The molecule has 0 unspecified atom stereocenters. The largest absolute Gasteiger partial charge is 0.307 e. The molecular weight excluding hydrogens is 102 g/mol. The first-order chi connectivity index (χ1) is 3.77. The van der Waals surface area contributed by atoms with Crippen LogP contribution < -0.4 is 0 Å². The smallest absolute Gasteiger partial charge is 0.0905 e. The average molecular weight is 113 g/mol. The van der Waals surface area contributed by atoms with Crippen molar-refractivity contribution in [1.82, 2.24) is 4.90 Å². The Kier molecular flexibility index (Phi) is 4.07. The molecule has 0 aromatic rings. The molecule has 0 radical (unpaired) electrons. The van der Waals surface area contributed by atoms with E-state index in [4.69, 9.17) is 5.41 Å². The number of nitrogens with zero attached hydrogens (tertiary/aromatic N) is 2. The molecule has 8 heavy (non-hydrogen) atoms. The third-order valence-corrected chi connectivity index (χ3v) is 0.544. The summed E-state index contributed by atoms with van der Waals surface area (Å²) >= 11 is 0. The second-order valence-electron chi connectivity index (χ2n) is 1.72. The molecule has 1 N–H and O–H groups in total. The van der Waals surface area contributed by atoms with E-state index in [0.29, 0.717) is 6.67 Å². The Bertz CT molecular complexity index is 85.7. The summed E-state index contributed by atoms with van der Waals surface area (Å²) in [4.78, 5) is 5.78. The Labute approximate surface area is 49.5 Å². The Balaban J connectivity index is 3.15. The second kappa shape index (κ2) is 4.46. The van der Waals surface area contributed by atoms with E-state index in [1.165, 1.54) is 12.4 Å². The van der Waals surface area contributed by atoms with Crippen molar-refractivity contribution in [2.75, 3.05) is 20.8 Å². The van der Waals surface area contributed by atoms with Gasteiger partial charge in [0.05, 0.1) is 6.67 Å². The van der Waals surface area contributed by atoms with Crippen LogP contribution in [0.1, 0.15) is 0 Å². The first-order valence-corrected chi connectivity index (χ1v) is 2.41. The number of nitrogens with one attached hydrogen (secondary N) is 1. The maximum absolute atomic E-state index is 6.55. The van der Waals surface area contributed by atoms with Crippen LogP contribution in [-0.4, -0.2) is 38.1 Å². The third kappa shape index (κ3) is 5.30. The highest BCUT2D eigenvalue weighted by molar-refractivity contribution is 6.14. The standard InChI is InChI=1S/C5H11N3/c1-8(2)5-7-4-3-6/h3-4,6H,5H2,1-2H3. The fraction of sp³-hybridized carbons (Fsp3) is 0.600. The van der Waals surface area contributed by atoms with E-state index in [2.05, 4.69) is 4.99 Å². The highest BCUT2D eigenvalue weighted by Crippen LogP contribution is 1.70. The van der Waals surface area contributed by atoms with Crippen LogP contribution in [0.4, 0.5) is 0 Å². The first-order valence-electron chi connectivity index (χ1n) is 2.41. The minimum atomic E-state index is 0.662. The van der Waals surface area contributed by atoms with Crippen LogP contribution in [0.15, 0.2) is 4.99 Å². The van der Waals surface area contributed by atoms with Crippen LogP contribution in [0.3, 0.4) is 0 Å². The van der Waals surface area contributed by atoms with Gasteiger partial charge in [-0.2, -0.15) is 0 Å². The van der Waals surface area contributed by atoms with E-state index in [1.54, 1.807) is 0 Å². The lowest BCUT2D eigenvalue weighted by atomic mass is 10.8. The van der Waals surface area contributed by atoms with E-state index in [0.717, 1.165) is 0 Å². The van der Waals surface area contributed by atoms with Gasteiger partial charge >= 0.3 is 0 Å². The predicted molar refractivity (Wildman–Crippen MR) is 35.8 cm³/mol. The van der Waals surface area contributed by atoms with Crippen molar-refractivity contribution >= 4 is 12.4 Å². The van der Waals surface area contributed by atoms with Gasteiger partial charge in [-0.1, -0.05) is 0 Å². The van der Waals surface area contributed by atoms with Gasteiger partial charge in [0.1, 0.15) is 0 Å². The van der Waals surface area contributed by atoms with Gasteiger partial charge in [0.15, 0.2) is 0 Å². The highest BCUT2D eigenvalue weighted by Gasteiger charge is 1.78. The zero-order chi connectivity index (χ0) is 6.41. The van der Waals surface area contributed by atoms with Gasteiger partial charge in [-0.15, -0.1) is 0 Å². The van der Waals surface area contributed by atoms with E-state index in [9.17, 15) is 0 Å². The van der Waals surface area contributed by atoms with E-state index >= 15 is 0 Å². The van der Waals surface area contributed by atoms with Crippen LogP contribution in [0.5, 0.6) is 0 Å². The monoisotopic (exact) mass is 113 g/mol. The van der Waals surface area contributed by atoms with E-state index in [-0.39, 0.29) is 0 Å². The van der Waals surface area contributed by atoms with Gasteiger partial charge in [0.25, 0.3) is 0 Å². The summed E-state index contributed by atoms with van der Waals surface area (Å²) in [7, 11) is 3.86. The molecule has 0 spiro atoms. The zero-order valence-corrected chi connectivity index (χ0v) is 5.26. The Morgan fingerprint density at radius 3 is 2.62 bits per heavy atom. The van der Waals surface area contributed by atoms with Gasteiger partial charge in [0, 0.05) is 12.4 Å². The molecule has 0 saturated heterocycles. The molecule has 0 fully saturated rings. The summed E-state index contributed by atoms with van der Waals surface area (Å²) in [5, 5.41) is 6.55. The lowest BCUT2D eigenvalue weighted by molar-refractivity contribution is 0.425. The summed E-state index contributed by atoms with van der Waals surface area (Å²) in [6, 6.07) is 0. The van der Waals surface area contributed by atoms with Crippen LogP contribution in [0.2, 0.25) is 0 Å². The van der Waals surface area contributed by atoms with Crippen molar-refractivity contribution < 1.29 is 0 Å². The number of aliphatic imine (C=N–C) groups is 1. The molecule has 0 saturated carbocycles. The molecule has 0 aliphatic heterocycles. The Morgan fingerprint density at radius 2 is 2.25 bits per heavy atom. The molecule has 0 amide bonds. The third-order valence-electron chi connectivity index (χ3n) is 0.544. The van der Waals surface area contributed by atoms with E-state index in [1.807, 2.05) is 19.0 Å². The fourth-order valence-electron chi connectivity index (χ4n) is 0.263. The minimum absolute atomic E-state index is 0.662. The van der Waals surface area contributed by atoms with Gasteiger partial charge < -0.3 is 5.41 Å². The van der Waals surface area contributed by atoms with Crippen molar-refractivity contribution in [1.29, 1.82) is 5.41 Å².